The molecule has 142 valence electrons. The van der Waals surface area contributed by atoms with Crippen LogP contribution in [0.2, 0.25) is 0 Å². The van der Waals surface area contributed by atoms with Crippen LogP contribution in [0.3, 0.4) is 0 Å². The molecule has 0 radical (unpaired) electrons. The molecule has 1 N–H and O–H groups in total. The average molecular weight is 368 g/mol. The van der Waals surface area contributed by atoms with Crippen LogP contribution in [0, 0.1) is 5.92 Å². The van der Waals surface area contributed by atoms with Gasteiger partial charge < -0.3 is 10.0 Å². The summed E-state index contributed by atoms with van der Waals surface area (Å²) in [6.07, 6.45) is -3.26. The number of benzene rings is 1. The van der Waals surface area contributed by atoms with E-state index in [1.165, 1.54) is 0 Å². The average Bonchev–Trinajstić information content (AvgIpc) is 3.37. The van der Waals surface area contributed by atoms with Crippen LogP contribution < -0.4 is 0 Å². The molecule has 1 aliphatic carbocycles. The molecular formula is C19H23F3N2O2. The summed E-state index contributed by atoms with van der Waals surface area (Å²) in [5, 5.41) is 9.91. The Hall–Kier alpha value is -1.60. The molecule has 1 aromatic carbocycles. The molecule has 26 heavy (non-hydrogen) atoms. The number of hydrogen-bond acceptors (Lipinski definition) is 3. The highest BCUT2D eigenvalue weighted by molar-refractivity contribution is 5.84. The summed E-state index contributed by atoms with van der Waals surface area (Å²) in [7, 11) is 0. The zero-order chi connectivity index (χ0) is 18.5. The van der Waals surface area contributed by atoms with Crippen LogP contribution in [0.4, 0.5) is 13.2 Å². The van der Waals surface area contributed by atoms with Crippen LogP contribution in [-0.4, -0.2) is 64.8 Å². The second-order valence-electron chi connectivity index (χ2n) is 7.80. The second-order valence-corrected chi connectivity index (χ2v) is 7.80. The first-order chi connectivity index (χ1) is 12.4. The lowest BCUT2D eigenvalue weighted by molar-refractivity contribution is -0.206. The molecule has 7 heteroatoms. The van der Waals surface area contributed by atoms with Gasteiger partial charge in [0.2, 0.25) is 5.91 Å². The Morgan fingerprint density at radius 1 is 1.19 bits per heavy atom. The largest absolute Gasteiger partial charge is 0.394 e. The van der Waals surface area contributed by atoms with Crippen LogP contribution in [0.15, 0.2) is 30.3 Å². The fourth-order valence-electron chi connectivity index (χ4n) is 4.72. The molecule has 3 fully saturated rings. The number of aliphatic hydroxyl groups is 1. The number of amides is 1. The van der Waals surface area contributed by atoms with Crippen molar-refractivity contribution in [2.45, 2.75) is 42.9 Å². The lowest BCUT2D eigenvalue weighted by Gasteiger charge is -2.71. The molecule has 4 rings (SSSR count). The van der Waals surface area contributed by atoms with Gasteiger partial charge in [0.1, 0.15) is 0 Å². The molecule has 0 bridgehead atoms. The summed E-state index contributed by atoms with van der Waals surface area (Å²) < 4.78 is 37.6. The number of carbonyl (C=O) groups is 1. The van der Waals surface area contributed by atoms with Gasteiger partial charge in [0, 0.05) is 31.5 Å². The molecule has 2 atom stereocenters. The van der Waals surface area contributed by atoms with Crippen molar-refractivity contribution in [1.29, 1.82) is 0 Å². The van der Waals surface area contributed by atoms with Crippen molar-refractivity contribution in [2.24, 2.45) is 5.92 Å². The molecule has 3 aliphatic rings. The van der Waals surface area contributed by atoms with E-state index < -0.39 is 18.1 Å². The Morgan fingerprint density at radius 3 is 2.38 bits per heavy atom. The number of nitrogens with zero attached hydrogens (tertiary/aromatic N) is 2. The Labute approximate surface area is 150 Å². The molecule has 0 aromatic heterocycles. The van der Waals surface area contributed by atoms with Gasteiger partial charge in [-0.2, -0.15) is 13.2 Å². The van der Waals surface area contributed by atoms with Gasteiger partial charge in [0.15, 0.2) is 0 Å². The third-order valence-corrected chi connectivity index (χ3v) is 5.99. The highest BCUT2D eigenvalue weighted by atomic mass is 19.4. The van der Waals surface area contributed by atoms with E-state index in [1.54, 1.807) is 9.80 Å². The Kier molecular flexibility index (Phi) is 4.27. The van der Waals surface area contributed by atoms with Crippen LogP contribution in [-0.2, 0) is 4.79 Å². The number of alkyl halides is 3. The number of rotatable bonds is 5. The van der Waals surface area contributed by atoms with Gasteiger partial charge in [-0.25, -0.2) is 0 Å². The summed E-state index contributed by atoms with van der Waals surface area (Å²) in [6.45, 7) is 0.722. The van der Waals surface area contributed by atoms with Gasteiger partial charge in [-0.05, 0) is 18.4 Å². The van der Waals surface area contributed by atoms with Crippen molar-refractivity contribution in [2.75, 3.05) is 26.2 Å². The summed E-state index contributed by atoms with van der Waals surface area (Å²) >= 11 is 0. The Balaban J connectivity index is 1.55. The molecule has 2 saturated heterocycles. The zero-order valence-electron chi connectivity index (χ0n) is 14.5. The van der Waals surface area contributed by atoms with Crippen LogP contribution in [0.25, 0.3) is 0 Å². The van der Waals surface area contributed by atoms with E-state index in [-0.39, 0.29) is 36.9 Å². The van der Waals surface area contributed by atoms with Crippen molar-refractivity contribution in [1.82, 2.24) is 9.80 Å². The van der Waals surface area contributed by atoms with E-state index in [1.807, 2.05) is 30.3 Å². The monoisotopic (exact) mass is 368 g/mol. The van der Waals surface area contributed by atoms with Crippen LogP contribution >= 0.6 is 0 Å². The SMILES string of the molecule is O=C(C1CC1)N1[C@H](CO)[C@H](c2ccccc2)C12CN(CCC(F)(F)F)C2. The third-order valence-electron chi connectivity index (χ3n) is 5.99. The fourth-order valence-corrected chi connectivity index (χ4v) is 4.72. The van der Waals surface area contributed by atoms with Gasteiger partial charge in [-0.1, -0.05) is 30.3 Å². The minimum absolute atomic E-state index is 0.0291. The molecule has 1 saturated carbocycles. The van der Waals surface area contributed by atoms with E-state index in [4.69, 9.17) is 0 Å². The van der Waals surface area contributed by atoms with Crippen molar-refractivity contribution < 1.29 is 23.1 Å². The van der Waals surface area contributed by atoms with Gasteiger partial charge in [-0.15, -0.1) is 0 Å². The maximum absolute atomic E-state index is 12.8. The summed E-state index contributed by atoms with van der Waals surface area (Å²) in [4.78, 5) is 16.3. The minimum atomic E-state index is -4.17. The predicted molar refractivity (Wildman–Crippen MR) is 89.5 cm³/mol. The maximum atomic E-state index is 12.8. The minimum Gasteiger partial charge on any atom is -0.394 e. The maximum Gasteiger partial charge on any atom is 0.390 e. The predicted octanol–water partition coefficient (Wildman–Crippen LogP) is 2.39. The molecule has 0 unspecified atom stereocenters. The number of carbonyl (C=O) groups excluding carboxylic acids is 1. The smallest absolute Gasteiger partial charge is 0.390 e. The molecule has 1 aromatic rings. The summed E-state index contributed by atoms with van der Waals surface area (Å²) in [6, 6.07) is 9.42. The fraction of sp³-hybridized carbons (Fsp3) is 0.632. The third kappa shape index (κ3) is 2.91. The van der Waals surface area contributed by atoms with Crippen molar-refractivity contribution in [3.63, 3.8) is 0 Å². The number of aliphatic hydroxyl groups excluding tert-OH is 1. The highest BCUT2D eigenvalue weighted by Gasteiger charge is 2.68. The van der Waals surface area contributed by atoms with Gasteiger partial charge in [0.25, 0.3) is 0 Å². The zero-order valence-corrected chi connectivity index (χ0v) is 14.5. The molecule has 4 nitrogen and oxygen atoms in total. The molecule has 2 heterocycles. The first kappa shape index (κ1) is 17.8. The molecule has 1 amide bonds. The second kappa shape index (κ2) is 6.23. The first-order valence-corrected chi connectivity index (χ1v) is 9.14. The van der Waals surface area contributed by atoms with Crippen molar-refractivity contribution in [3.05, 3.63) is 35.9 Å². The Morgan fingerprint density at radius 2 is 1.85 bits per heavy atom. The highest BCUT2D eigenvalue weighted by Crippen LogP contribution is 2.55. The van der Waals surface area contributed by atoms with Crippen molar-refractivity contribution in [3.8, 4) is 0 Å². The van der Waals surface area contributed by atoms with Crippen molar-refractivity contribution >= 4 is 5.91 Å². The van der Waals surface area contributed by atoms with E-state index in [2.05, 4.69) is 0 Å². The van der Waals surface area contributed by atoms with E-state index >= 15 is 0 Å². The summed E-state index contributed by atoms with van der Waals surface area (Å²) in [5.74, 6) is 0.0621. The molecule has 1 spiro atoms. The summed E-state index contributed by atoms with van der Waals surface area (Å²) in [5.41, 5.74) is 0.571. The molecular weight excluding hydrogens is 345 g/mol. The molecule has 2 aliphatic heterocycles. The lowest BCUT2D eigenvalue weighted by Crippen LogP contribution is -2.85. The van der Waals surface area contributed by atoms with E-state index in [0.717, 1.165) is 18.4 Å². The first-order valence-electron chi connectivity index (χ1n) is 9.14. The quantitative estimate of drug-likeness (QED) is 0.868. The Bertz CT molecular complexity index is 669. The number of hydrogen-bond donors (Lipinski definition) is 1. The van der Waals surface area contributed by atoms with E-state index in [9.17, 15) is 23.1 Å². The van der Waals surface area contributed by atoms with Gasteiger partial charge in [0.05, 0.1) is 24.6 Å². The number of halogens is 3. The number of likely N-dealkylation sites (tertiary alicyclic amines) is 2. The van der Waals surface area contributed by atoms with Gasteiger partial charge >= 0.3 is 6.18 Å². The van der Waals surface area contributed by atoms with E-state index in [0.29, 0.717) is 13.1 Å². The normalized spacial score (nSPS) is 27.9. The topological polar surface area (TPSA) is 43.8 Å². The van der Waals surface area contributed by atoms with Gasteiger partial charge in [-0.3, -0.25) is 9.69 Å². The standard InChI is InChI=1S/C19H23F3N2O2/c20-19(21,22)8-9-23-11-18(12-23)16(13-4-2-1-3-5-13)15(10-25)24(18)17(26)14-6-7-14/h1-5,14-16,25H,6-12H2/t15-,16+/m1/s1. The van der Waals surface area contributed by atoms with Crippen LogP contribution in [0.5, 0.6) is 0 Å². The van der Waals surface area contributed by atoms with Crippen LogP contribution in [0.1, 0.15) is 30.7 Å². The lowest BCUT2D eigenvalue weighted by atomic mass is 9.60.